The van der Waals surface area contributed by atoms with Gasteiger partial charge in [-0.1, -0.05) is 0 Å². The van der Waals surface area contributed by atoms with Crippen LogP contribution in [0, 0.1) is 24.1 Å². The van der Waals surface area contributed by atoms with Crippen LogP contribution in [0.5, 0.6) is 0 Å². The standard InChI is InChI=1S/C9H7FN2/c1-7-9(10)5-4-8(12-7)3-2-6-11/h2-5H,1H3. The monoisotopic (exact) mass is 162 g/mol. The number of aryl methyl sites for hydroxylation is 1. The number of pyridine rings is 1. The van der Waals surface area contributed by atoms with E-state index in [1.54, 1.807) is 6.92 Å². The molecule has 0 unspecified atom stereocenters. The molecule has 1 rings (SSSR count). The number of nitriles is 1. The van der Waals surface area contributed by atoms with Crippen molar-refractivity contribution in [2.45, 2.75) is 6.92 Å². The molecule has 0 aromatic carbocycles. The molecule has 0 atom stereocenters. The zero-order valence-corrected chi connectivity index (χ0v) is 6.58. The maximum absolute atomic E-state index is 12.7. The predicted molar refractivity (Wildman–Crippen MR) is 43.6 cm³/mol. The number of hydrogen-bond donors (Lipinski definition) is 0. The molecule has 12 heavy (non-hydrogen) atoms. The summed E-state index contributed by atoms with van der Waals surface area (Å²) in [4.78, 5) is 3.90. The van der Waals surface area contributed by atoms with Crippen molar-refractivity contribution in [3.63, 3.8) is 0 Å². The Morgan fingerprint density at radius 1 is 1.58 bits per heavy atom. The van der Waals surface area contributed by atoms with E-state index in [0.717, 1.165) is 0 Å². The molecule has 0 saturated carbocycles. The summed E-state index contributed by atoms with van der Waals surface area (Å²) >= 11 is 0. The van der Waals surface area contributed by atoms with E-state index in [1.807, 2.05) is 6.07 Å². The highest BCUT2D eigenvalue weighted by molar-refractivity contribution is 5.47. The van der Waals surface area contributed by atoms with Crippen LogP contribution >= 0.6 is 0 Å². The fourth-order valence-corrected chi connectivity index (χ4v) is 0.779. The molecule has 0 N–H and O–H groups in total. The van der Waals surface area contributed by atoms with Gasteiger partial charge in [-0.2, -0.15) is 5.26 Å². The van der Waals surface area contributed by atoms with Crippen molar-refractivity contribution in [3.05, 3.63) is 35.4 Å². The lowest BCUT2D eigenvalue weighted by Gasteiger charge is -1.95. The van der Waals surface area contributed by atoms with Gasteiger partial charge in [-0.3, -0.25) is 4.98 Å². The minimum Gasteiger partial charge on any atom is -0.251 e. The summed E-state index contributed by atoms with van der Waals surface area (Å²) in [7, 11) is 0. The molecule has 0 bridgehead atoms. The zero-order valence-electron chi connectivity index (χ0n) is 6.58. The Bertz CT molecular complexity index is 350. The molecule has 0 amide bonds. The van der Waals surface area contributed by atoms with Crippen LogP contribution in [0.2, 0.25) is 0 Å². The molecule has 1 aromatic rings. The molecule has 0 radical (unpaired) electrons. The van der Waals surface area contributed by atoms with Gasteiger partial charge in [-0.25, -0.2) is 4.39 Å². The predicted octanol–water partition coefficient (Wildman–Crippen LogP) is 2.07. The second-order valence-electron chi connectivity index (χ2n) is 2.27. The topological polar surface area (TPSA) is 36.7 Å². The first kappa shape index (κ1) is 8.41. The largest absolute Gasteiger partial charge is 0.251 e. The van der Waals surface area contributed by atoms with Crippen molar-refractivity contribution in [1.29, 1.82) is 5.26 Å². The van der Waals surface area contributed by atoms with Crippen LogP contribution in [-0.2, 0) is 0 Å². The van der Waals surface area contributed by atoms with Gasteiger partial charge in [0.05, 0.1) is 17.5 Å². The van der Waals surface area contributed by atoms with Crippen LogP contribution in [0.25, 0.3) is 6.08 Å². The van der Waals surface area contributed by atoms with Gasteiger partial charge in [0.2, 0.25) is 0 Å². The Hall–Kier alpha value is -1.69. The van der Waals surface area contributed by atoms with Crippen LogP contribution in [0.15, 0.2) is 18.2 Å². The molecule has 0 saturated heterocycles. The van der Waals surface area contributed by atoms with Gasteiger partial charge < -0.3 is 0 Å². The molecule has 2 nitrogen and oxygen atoms in total. The Kier molecular flexibility index (Phi) is 2.54. The van der Waals surface area contributed by atoms with Crippen LogP contribution in [0.4, 0.5) is 4.39 Å². The smallest absolute Gasteiger partial charge is 0.144 e. The highest BCUT2D eigenvalue weighted by Gasteiger charge is 1.96. The highest BCUT2D eigenvalue weighted by atomic mass is 19.1. The van der Waals surface area contributed by atoms with Gasteiger partial charge in [-0.05, 0) is 25.1 Å². The Morgan fingerprint density at radius 3 is 2.92 bits per heavy atom. The number of aromatic nitrogens is 1. The summed E-state index contributed by atoms with van der Waals surface area (Å²) in [5.41, 5.74) is 0.936. The molecule has 0 aliphatic carbocycles. The molecule has 3 heteroatoms. The first-order valence-corrected chi connectivity index (χ1v) is 3.43. The molecular formula is C9H7FN2. The Labute approximate surface area is 70.0 Å². The van der Waals surface area contributed by atoms with Gasteiger partial charge >= 0.3 is 0 Å². The molecule has 1 heterocycles. The number of hydrogen-bond acceptors (Lipinski definition) is 2. The third-order valence-corrected chi connectivity index (χ3v) is 1.37. The minimum atomic E-state index is -0.330. The number of allylic oxidation sites excluding steroid dienone is 1. The second-order valence-corrected chi connectivity index (χ2v) is 2.27. The fraction of sp³-hybridized carbons (Fsp3) is 0.111. The third-order valence-electron chi connectivity index (χ3n) is 1.37. The lowest BCUT2D eigenvalue weighted by Crippen LogP contribution is -1.89. The summed E-state index contributed by atoms with van der Waals surface area (Å²) in [6.07, 6.45) is 2.84. The van der Waals surface area contributed by atoms with Gasteiger partial charge in [0.15, 0.2) is 0 Å². The summed E-state index contributed by atoms with van der Waals surface area (Å²) in [5.74, 6) is -0.330. The summed E-state index contributed by atoms with van der Waals surface area (Å²) < 4.78 is 12.7. The van der Waals surface area contributed by atoms with Crippen molar-refractivity contribution in [3.8, 4) is 6.07 Å². The van der Waals surface area contributed by atoms with E-state index in [4.69, 9.17) is 5.26 Å². The van der Waals surface area contributed by atoms with E-state index < -0.39 is 0 Å². The number of rotatable bonds is 1. The molecule has 0 spiro atoms. The van der Waals surface area contributed by atoms with E-state index in [2.05, 4.69) is 4.98 Å². The maximum atomic E-state index is 12.7. The number of nitrogens with zero attached hydrogens (tertiary/aromatic N) is 2. The first-order chi connectivity index (χ1) is 5.74. The summed E-state index contributed by atoms with van der Waals surface area (Å²) in [5, 5.41) is 8.21. The summed E-state index contributed by atoms with van der Waals surface area (Å²) in [6.45, 7) is 1.58. The van der Waals surface area contributed by atoms with Gasteiger partial charge in [0.25, 0.3) is 0 Å². The van der Waals surface area contributed by atoms with Crippen LogP contribution < -0.4 is 0 Å². The lowest BCUT2D eigenvalue weighted by molar-refractivity contribution is 0.609. The average Bonchev–Trinajstić information content (AvgIpc) is 2.07. The van der Waals surface area contributed by atoms with E-state index in [0.29, 0.717) is 11.4 Å². The zero-order chi connectivity index (χ0) is 8.97. The highest BCUT2D eigenvalue weighted by Crippen LogP contribution is 2.05. The van der Waals surface area contributed by atoms with Gasteiger partial charge in [-0.15, -0.1) is 0 Å². The van der Waals surface area contributed by atoms with Crippen molar-refractivity contribution in [1.82, 2.24) is 4.98 Å². The molecule has 0 fully saturated rings. The SMILES string of the molecule is Cc1nc(C=CC#N)ccc1F. The van der Waals surface area contributed by atoms with Crippen molar-refractivity contribution >= 4 is 6.08 Å². The van der Waals surface area contributed by atoms with Crippen LogP contribution in [0.1, 0.15) is 11.4 Å². The van der Waals surface area contributed by atoms with E-state index >= 15 is 0 Å². The van der Waals surface area contributed by atoms with Gasteiger partial charge in [0, 0.05) is 6.08 Å². The van der Waals surface area contributed by atoms with Crippen LogP contribution in [0.3, 0.4) is 0 Å². The maximum Gasteiger partial charge on any atom is 0.144 e. The molecule has 0 aliphatic heterocycles. The molecule has 1 aromatic heterocycles. The normalized spacial score (nSPS) is 10.1. The van der Waals surface area contributed by atoms with E-state index in [9.17, 15) is 4.39 Å². The van der Waals surface area contributed by atoms with Crippen LogP contribution in [-0.4, -0.2) is 4.98 Å². The van der Waals surface area contributed by atoms with E-state index in [-0.39, 0.29) is 5.82 Å². The lowest BCUT2D eigenvalue weighted by atomic mass is 10.3. The Morgan fingerprint density at radius 2 is 2.33 bits per heavy atom. The Balaban J connectivity index is 2.99. The van der Waals surface area contributed by atoms with Crippen molar-refractivity contribution in [2.24, 2.45) is 0 Å². The van der Waals surface area contributed by atoms with Gasteiger partial charge in [0.1, 0.15) is 5.82 Å². The quantitative estimate of drug-likeness (QED) is 0.592. The second kappa shape index (κ2) is 3.63. The minimum absolute atomic E-state index is 0.330. The first-order valence-electron chi connectivity index (χ1n) is 3.43. The fourth-order valence-electron chi connectivity index (χ4n) is 0.779. The summed E-state index contributed by atoms with van der Waals surface area (Å²) in [6, 6.07) is 4.69. The van der Waals surface area contributed by atoms with Crippen molar-refractivity contribution in [2.75, 3.05) is 0 Å². The third kappa shape index (κ3) is 1.89. The number of halogens is 1. The van der Waals surface area contributed by atoms with E-state index in [1.165, 1.54) is 24.3 Å². The molecular weight excluding hydrogens is 155 g/mol. The van der Waals surface area contributed by atoms with Crippen molar-refractivity contribution < 1.29 is 4.39 Å². The molecule has 0 aliphatic rings. The average molecular weight is 162 g/mol. The molecule has 60 valence electrons.